The summed E-state index contributed by atoms with van der Waals surface area (Å²) >= 11 is 0. The number of carboxylic acids is 1. The van der Waals surface area contributed by atoms with Gasteiger partial charge in [0.25, 0.3) is 0 Å². The van der Waals surface area contributed by atoms with Crippen molar-refractivity contribution < 1.29 is 27.9 Å². The van der Waals surface area contributed by atoms with Gasteiger partial charge in [-0.25, -0.2) is 8.42 Å². The molecule has 1 fully saturated rings. The maximum Gasteiger partial charge on any atom is 0.325 e. The maximum absolute atomic E-state index is 12.7. The molecule has 8 nitrogen and oxygen atoms in total. The zero-order chi connectivity index (χ0) is 19.5. The number of benzene rings is 1. The minimum atomic E-state index is -3.69. The number of sulfonamides is 1. The van der Waals surface area contributed by atoms with Crippen molar-refractivity contribution in [2.45, 2.75) is 37.6 Å². The highest BCUT2D eigenvalue weighted by Gasteiger charge is 2.32. The highest BCUT2D eigenvalue weighted by atomic mass is 32.2. The lowest BCUT2D eigenvalue weighted by atomic mass is 9.97. The van der Waals surface area contributed by atoms with Gasteiger partial charge in [0, 0.05) is 24.6 Å². The van der Waals surface area contributed by atoms with E-state index in [1.165, 1.54) is 42.4 Å². The molecule has 2 rings (SSSR count). The number of nitrogens with one attached hydrogen (secondary N) is 1. The lowest BCUT2D eigenvalue weighted by molar-refractivity contribution is -0.142. The van der Waals surface area contributed by atoms with E-state index in [9.17, 15) is 22.8 Å². The molecule has 0 aromatic heterocycles. The molecular formula is C17H22N2O6S. The van der Waals surface area contributed by atoms with Crippen molar-refractivity contribution >= 4 is 27.7 Å². The summed E-state index contributed by atoms with van der Waals surface area (Å²) < 4.78 is 26.7. The molecule has 0 saturated carbocycles. The van der Waals surface area contributed by atoms with Crippen LogP contribution >= 0.6 is 0 Å². The molecule has 0 aliphatic carbocycles. The van der Waals surface area contributed by atoms with Gasteiger partial charge >= 0.3 is 5.97 Å². The third-order valence-electron chi connectivity index (χ3n) is 4.45. The van der Waals surface area contributed by atoms with Crippen molar-refractivity contribution in [1.29, 1.82) is 0 Å². The normalized spacial score (nSPS) is 17.5. The van der Waals surface area contributed by atoms with Crippen molar-refractivity contribution in [3.8, 4) is 0 Å². The number of hydrogen-bond acceptors (Lipinski definition) is 5. The second kappa shape index (κ2) is 7.96. The van der Waals surface area contributed by atoms with Crippen LogP contribution in [0.5, 0.6) is 0 Å². The number of carboxylic acid groups (broad SMARTS) is 1. The Morgan fingerprint density at radius 1 is 1.15 bits per heavy atom. The lowest BCUT2D eigenvalue weighted by Gasteiger charge is -2.30. The molecule has 1 atom stereocenters. The Morgan fingerprint density at radius 3 is 2.15 bits per heavy atom. The van der Waals surface area contributed by atoms with Gasteiger partial charge in [0.2, 0.25) is 15.9 Å². The molecule has 2 N–H and O–H groups in total. The molecule has 1 aromatic carbocycles. The number of carbonyl (C=O) groups is 3. The van der Waals surface area contributed by atoms with Crippen LogP contribution in [-0.2, 0) is 19.6 Å². The number of aliphatic carboxylic acids is 1. The molecule has 1 heterocycles. The Bertz CT molecular complexity index is 795. The van der Waals surface area contributed by atoms with Crippen molar-refractivity contribution in [1.82, 2.24) is 9.62 Å². The van der Waals surface area contributed by atoms with Crippen LogP contribution in [0.1, 0.15) is 37.0 Å². The van der Waals surface area contributed by atoms with Crippen LogP contribution in [0.2, 0.25) is 0 Å². The van der Waals surface area contributed by atoms with E-state index < -0.39 is 28.0 Å². The number of piperidine rings is 1. The topological polar surface area (TPSA) is 121 Å². The monoisotopic (exact) mass is 382 g/mol. The lowest BCUT2D eigenvalue weighted by Crippen LogP contribution is -2.46. The standard InChI is InChI=1S/C17H22N2O6S/c1-11(17(22)23)18-16(21)14-7-9-19(10-8-14)26(24,25)15-5-3-13(4-6-15)12(2)20/h3-6,11,14H,7-10H2,1-2H3,(H,18,21)(H,22,23). The van der Waals surface area contributed by atoms with Crippen LogP contribution < -0.4 is 5.32 Å². The summed E-state index contributed by atoms with van der Waals surface area (Å²) in [6, 6.07) is 4.77. The minimum Gasteiger partial charge on any atom is -0.480 e. The number of nitrogens with zero attached hydrogens (tertiary/aromatic N) is 1. The zero-order valence-electron chi connectivity index (χ0n) is 14.6. The summed E-state index contributed by atoms with van der Waals surface area (Å²) in [5, 5.41) is 11.2. The predicted octanol–water partition coefficient (Wildman–Crippen LogP) is 0.879. The zero-order valence-corrected chi connectivity index (χ0v) is 15.5. The average molecular weight is 382 g/mol. The molecule has 1 aliphatic heterocycles. The number of carbonyl (C=O) groups excluding carboxylic acids is 2. The number of Topliss-reactive ketones (excluding diaryl/α,β-unsaturated/α-hetero) is 1. The fourth-order valence-electron chi connectivity index (χ4n) is 2.76. The van der Waals surface area contributed by atoms with Crippen LogP contribution in [0.15, 0.2) is 29.2 Å². The van der Waals surface area contributed by atoms with Gasteiger partial charge in [-0.05, 0) is 38.8 Å². The second-order valence-corrected chi connectivity index (χ2v) is 8.27. The van der Waals surface area contributed by atoms with E-state index in [1.807, 2.05) is 0 Å². The van der Waals surface area contributed by atoms with Crippen molar-refractivity contribution in [3.63, 3.8) is 0 Å². The molecule has 1 unspecified atom stereocenters. The van der Waals surface area contributed by atoms with Crippen LogP contribution in [0, 0.1) is 5.92 Å². The van der Waals surface area contributed by atoms with Gasteiger partial charge < -0.3 is 10.4 Å². The Balaban J connectivity index is 2.01. The predicted molar refractivity (Wildman–Crippen MR) is 93.2 cm³/mol. The first-order valence-corrected chi connectivity index (χ1v) is 9.71. The summed E-state index contributed by atoms with van der Waals surface area (Å²) in [6.45, 7) is 3.14. The molecular weight excluding hydrogens is 360 g/mol. The third-order valence-corrected chi connectivity index (χ3v) is 6.37. The fraction of sp³-hybridized carbons (Fsp3) is 0.471. The first kappa shape index (κ1) is 20.1. The molecule has 9 heteroatoms. The minimum absolute atomic E-state index is 0.102. The number of ketones is 1. The molecule has 142 valence electrons. The first-order chi connectivity index (χ1) is 12.1. The van der Waals surface area contributed by atoms with Gasteiger partial charge in [0.05, 0.1) is 4.90 Å². The van der Waals surface area contributed by atoms with Gasteiger partial charge in [-0.15, -0.1) is 0 Å². The second-order valence-electron chi connectivity index (χ2n) is 6.33. The molecule has 1 aromatic rings. The summed E-state index contributed by atoms with van der Waals surface area (Å²) in [7, 11) is -3.69. The largest absolute Gasteiger partial charge is 0.480 e. The maximum atomic E-state index is 12.7. The number of hydrogen-bond donors (Lipinski definition) is 2. The summed E-state index contributed by atoms with van der Waals surface area (Å²) in [5.74, 6) is -2.05. The molecule has 0 bridgehead atoms. The molecule has 1 aliphatic rings. The van der Waals surface area contributed by atoms with E-state index in [2.05, 4.69) is 5.32 Å². The number of rotatable bonds is 6. The van der Waals surface area contributed by atoms with Gasteiger partial charge in [-0.1, -0.05) is 12.1 Å². The average Bonchev–Trinajstić information content (AvgIpc) is 2.61. The van der Waals surface area contributed by atoms with E-state index in [4.69, 9.17) is 5.11 Å². The van der Waals surface area contributed by atoms with Crippen LogP contribution in [0.4, 0.5) is 0 Å². The summed E-state index contributed by atoms with van der Waals surface area (Å²) in [4.78, 5) is 34.3. The molecule has 1 saturated heterocycles. The quantitative estimate of drug-likeness (QED) is 0.705. The smallest absolute Gasteiger partial charge is 0.325 e. The summed E-state index contributed by atoms with van der Waals surface area (Å²) in [6.07, 6.45) is 0.645. The van der Waals surface area contributed by atoms with Crippen molar-refractivity contribution in [2.75, 3.05) is 13.1 Å². The van der Waals surface area contributed by atoms with E-state index >= 15 is 0 Å². The van der Waals surface area contributed by atoms with E-state index in [-0.39, 0.29) is 29.7 Å². The van der Waals surface area contributed by atoms with Gasteiger partial charge in [0.15, 0.2) is 5.78 Å². The fourth-order valence-corrected chi connectivity index (χ4v) is 4.23. The molecule has 0 radical (unpaired) electrons. The van der Waals surface area contributed by atoms with E-state index in [0.717, 1.165) is 0 Å². The van der Waals surface area contributed by atoms with E-state index in [1.54, 1.807) is 0 Å². The molecule has 26 heavy (non-hydrogen) atoms. The van der Waals surface area contributed by atoms with Crippen LogP contribution in [0.25, 0.3) is 0 Å². The van der Waals surface area contributed by atoms with Crippen molar-refractivity contribution in [3.05, 3.63) is 29.8 Å². The summed E-state index contributed by atoms with van der Waals surface area (Å²) in [5.41, 5.74) is 0.437. The van der Waals surface area contributed by atoms with Gasteiger partial charge in [-0.2, -0.15) is 4.31 Å². The molecule has 0 spiro atoms. The first-order valence-electron chi connectivity index (χ1n) is 8.27. The van der Waals surface area contributed by atoms with Crippen LogP contribution in [-0.4, -0.2) is 54.6 Å². The van der Waals surface area contributed by atoms with Crippen molar-refractivity contribution in [2.24, 2.45) is 5.92 Å². The Kier molecular flexibility index (Phi) is 6.14. The highest BCUT2D eigenvalue weighted by molar-refractivity contribution is 7.89. The van der Waals surface area contributed by atoms with Gasteiger partial charge in [-0.3, -0.25) is 14.4 Å². The van der Waals surface area contributed by atoms with Crippen LogP contribution in [0.3, 0.4) is 0 Å². The highest BCUT2D eigenvalue weighted by Crippen LogP contribution is 2.24. The Hall–Kier alpha value is -2.26. The SMILES string of the molecule is CC(=O)c1ccc(S(=O)(=O)N2CCC(C(=O)NC(C)C(=O)O)CC2)cc1. The molecule has 1 amide bonds. The number of amides is 1. The van der Waals surface area contributed by atoms with Gasteiger partial charge in [0.1, 0.15) is 6.04 Å². The van der Waals surface area contributed by atoms with E-state index in [0.29, 0.717) is 18.4 Å². The Labute approximate surface area is 152 Å². The third kappa shape index (κ3) is 4.47. The Morgan fingerprint density at radius 2 is 1.69 bits per heavy atom.